The van der Waals surface area contributed by atoms with Gasteiger partial charge in [-0.25, -0.2) is 12.8 Å². The van der Waals surface area contributed by atoms with Crippen LogP contribution < -0.4 is 11.1 Å². The summed E-state index contributed by atoms with van der Waals surface area (Å²) in [6.45, 7) is 0.0422. The maximum Gasteiger partial charge on any atom is 0.220 e. The molecule has 1 amide bonds. The molecule has 0 aliphatic heterocycles. The summed E-state index contributed by atoms with van der Waals surface area (Å²) in [6, 6.07) is 4.72. The van der Waals surface area contributed by atoms with Gasteiger partial charge in [-0.1, -0.05) is 6.42 Å². The van der Waals surface area contributed by atoms with Gasteiger partial charge in [0.25, 0.3) is 0 Å². The van der Waals surface area contributed by atoms with E-state index >= 15 is 0 Å². The molecule has 1 aromatic carbocycles. The lowest BCUT2D eigenvalue weighted by atomic mass is 10.00. The molecule has 5 nitrogen and oxygen atoms in total. The largest absolute Gasteiger partial charge is 0.355 e. The van der Waals surface area contributed by atoms with E-state index in [1.807, 2.05) is 0 Å². The molecule has 1 fully saturated rings. The van der Waals surface area contributed by atoms with Crippen LogP contribution in [0.1, 0.15) is 25.7 Å². The van der Waals surface area contributed by atoms with Crippen molar-refractivity contribution < 1.29 is 17.6 Å². The first-order valence-corrected chi connectivity index (χ1v) is 9.04. The van der Waals surface area contributed by atoms with Crippen LogP contribution in [0.5, 0.6) is 0 Å². The molecule has 0 bridgehead atoms. The van der Waals surface area contributed by atoms with Gasteiger partial charge in [0.05, 0.1) is 10.6 Å². The fourth-order valence-corrected chi connectivity index (χ4v) is 3.87. The summed E-state index contributed by atoms with van der Waals surface area (Å²) in [6.07, 6.45) is 3.27. The van der Waals surface area contributed by atoms with Crippen molar-refractivity contribution in [2.45, 2.75) is 36.6 Å². The average molecular weight is 328 g/mol. The molecule has 3 N–H and O–H groups in total. The zero-order valence-corrected chi connectivity index (χ0v) is 13.1. The summed E-state index contributed by atoms with van der Waals surface area (Å²) in [5, 5.41) is 2.62. The third kappa shape index (κ3) is 4.51. The van der Waals surface area contributed by atoms with E-state index in [2.05, 4.69) is 5.32 Å². The Morgan fingerprint density at radius 2 is 1.95 bits per heavy atom. The van der Waals surface area contributed by atoms with Gasteiger partial charge in [-0.15, -0.1) is 0 Å². The molecule has 2 rings (SSSR count). The Labute approximate surface area is 130 Å². The van der Waals surface area contributed by atoms with Crippen LogP contribution in [-0.2, 0) is 14.6 Å². The molecule has 1 saturated carbocycles. The lowest BCUT2D eigenvalue weighted by Crippen LogP contribution is -2.33. The third-order valence-corrected chi connectivity index (χ3v) is 5.76. The van der Waals surface area contributed by atoms with E-state index in [0.29, 0.717) is 6.42 Å². The minimum atomic E-state index is -3.52. The highest BCUT2D eigenvalue weighted by Gasteiger charge is 2.26. The van der Waals surface area contributed by atoms with Crippen molar-refractivity contribution in [2.75, 3.05) is 12.3 Å². The Balaban J connectivity index is 1.80. The van der Waals surface area contributed by atoms with Crippen molar-refractivity contribution in [1.82, 2.24) is 5.32 Å². The van der Waals surface area contributed by atoms with Crippen LogP contribution in [0.2, 0.25) is 0 Å². The molecular weight excluding hydrogens is 307 g/mol. The molecule has 0 spiro atoms. The molecule has 1 aliphatic carbocycles. The van der Waals surface area contributed by atoms with E-state index in [0.717, 1.165) is 31.4 Å². The Bertz CT molecular complexity index is 616. The van der Waals surface area contributed by atoms with Crippen molar-refractivity contribution >= 4 is 15.7 Å². The summed E-state index contributed by atoms with van der Waals surface area (Å²) in [5.41, 5.74) is 5.91. The second-order valence-corrected chi connectivity index (χ2v) is 7.79. The number of halogens is 1. The minimum absolute atomic E-state index is 0.0422. The van der Waals surface area contributed by atoms with E-state index < -0.39 is 15.7 Å². The lowest BCUT2D eigenvalue weighted by molar-refractivity contribution is -0.121. The van der Waals surface area contributed by atoms with Gasteiger partial charge in [0.15, 0.2) is 9.84 Å². The monoisotopic (exact) mass is 328 g/mol. The van der Waals surface area contributed by atoms with Crippen LogP contribution in [-0.4, -0.2) is 32.7 Å². The van der Waals surface area contributed by atoms with Crippen LogP contribution in [0.25, 0.3) is 0 Å². The zero-order chi connectivity index (χ0) is 16.2. The highest BCUT2D eigenvalue weighted by molar-refractivity contribution is 7.91. The Kier molecular flexibility index (Phi) is 5.52. The fourth-order valence-electron chi connectivity index (χ4n) is 2.71. The summed E-state index contributed by atoms with van der Waals surface area (Å²) in [4.78, 5) is 11.9. The first-order chi connectivity index (χ1) is 10.4. The number of carbonyl (C=O) groups is 1. The highest BCUT2D eigenvalue weighted by Crippen LogP contribution is 2.26. The SMILES string of the molecule is N[C@@H]1CCC[C@H]1CC(=O)NCCS(=O)(=O)c1ccc(F)cc1. The number of nitrogens with two attached hydrogens (primary N) is 1. The van der Waals surface area contributed by atoms with Gasteiger partial charge in [-0.3, -0.25) is 4.79 Å². The predicted octanol–water partition coefficient (Wildman–Crippen LogP) is 1.23. The average Bonchev–Trinajstić information content (AvgIpc) is 2.84. The quantitative estimate of drug-likeness (QED) is 0.769. The fraction of sp³-hybridized carbons (Fsp3) is 0.533. The lowest BCUT2D eigenvalue weighted by Gasteiger charge is -2.14. The maximum atomic E-state index is 12.8. The normalized spacial score (nSPS) is 21.7. The maximum absolute atomic E-state index is 12.8. The van der Waals surface area contributed by atoms with Gasteiger partial charge in [0.2, 0.25) is 5.91 Å². The summed E-state index contributed by atoms with van der Waals surface area (Å²) in [7, 11) is -3.52. The van der Waals surface area contributed by atoms with E-state index in [4.69, 9.17) is 5.73 Å². The van der Waals surface area contributed by atoms with E-state index in [-0.39, 0.29) is 35.1 Å². The number of hydrogen-bond acceptors (Lipinski definition) is 4. The molecule has 122 valence electrons. The number of carbonyl (C=O) groups excluding carboxylic acids is 1. The molecular formula is C15H21FN2O3S. The van der Waals surface area contributed by atoms with Crippen molar-refractivity contribution in [3.05, 3.63) is 30.1 Å². The number of rotatable bonds is 6. The standard InChI is InChI=1S/C15H21FN2O3S/c16-12-4-6-13(7-5-12)22(20,21)9-8-18-15(19)10-11-2-1-3-14(11)17/h4-7,11,14H,1-3,8-10,17H2,(H,18,19)/t11-,14+/m0/s1. The Morgan fingerprint density at radius 1 is 1.27 bits per heavy atom. The molecule has 0 saturated heterocycles. The van der Waals surface area contributed by atoms with Crippen LogP contribution in [0.4, 0.5) is 4.39 Å². The molecule has 1 aliphatic rings. The number of sulfone groups is 1. The highest BCUT2D eigenvalue weighted by atomic mass is 32.2. The van der Waals surface area contributed by atoms with Gasteiger partial charge in [0.1, 0.15) is 5.82 Å². The molecule has 2 atom stereocenters. The van der Waals surface area contributed by atoms with Crippen molar-refractivity contribution in [1.29, 1.82) is 0 Å². The second kappa shape index (κ2) is 7.19. The van der Waals surface area contributed by atoms with Crippen LogP contribution >= 0.6 is 0 Å². The van der Waals surface area contributed by atoms with E-state index in [1.165, 1.54) is 12.1 Å². The van der Waals surface area contributed by atoms with Crippen molar-refractivity contribution in [3.63, 3.8) is 0 Å². The summed E-state index contributed by atoms with van der Waals surface area (Å²) >= 11 is 0. The molecule has 1 aromatic rings. The third-order valence-electron chi connectivity index (χ3n) is 4.03. The minimum Gasteiger partial charge on any atom is -0.355 e. The van der Waals surface area contributed by atoms with Gasteiger partial charge >= 0.3 is 0 Å². The Hall–Kier alpha value is -1.47. The number of nitrogens with one attached hydrogen (secondary N) is 1. The van der Waals surface area contributed by atoms with Gasteiger partial charge in [-0.05, 0) is 43.0 Å². The van der Waals surface area contributed by atoms with Crippen molar-refractivity contribution in [2.24, 2.45) is 11.7 Å². The second-order valence-electron chi connectivity index (χ2n) is 5.68. The molecule has 7 heteroatoms. The zero-order valence-electron chi connectivity index (χ0n) is 12.3. The molecule has 22 heavy (non-hydrogen) atoms. The summed E-state index contributed by atoms with van der Waals surface area (Å²) in [5.74, 6) is -0.674. The first kappa shape index (κ1) is 16.9. The topological polar surface area (TPSA) is 89.3 Å². The van der Waals surface area contributed by atoms with Gasteiger partial charge in [-0.2, -0.15) is 0 Å². The smallest absolute Gasteiger partial charge is 0.220 e. The molecule has 0 aromatic heterocycles. The van der Waals surface area contributed by atoms with Crippen LogP contribution in [0, 0.1) is 11.7 Å². The van der Waals surface area contributed by atoms with Crippen LogP contribution in [0.3, 0.4) is 0 Å². The molecule has 0 radical (unpaired) electrons. The first-order valence-electron chi connectivity index (χ1n) is 7.39. The number of hydrogen-bond donors (Lipinski definition) is 2. The van der Waals surface area contributed by atoms with Gasteiger partial charge in [0, 0.05) is 19.0 Å². The predicted molar refractivity (Wildman–Crippen MR) is 81.4 cm³/mol. The van der Waals surface area contributed by atoms with E-state index in [9.17, 15) is 17.6 Å². The molecule has 0 heterocycles. The number of amides is 1. The van der Waals surface area contributed by atoms with Crippen LogP contribution in [0.15, 0.2) is 29.2 Å². The summed E-state index contributed by atoms with van der Waals surface area (Å²) < 4.78 is 36.9. The van der Waals surface area contributed by atoms with Gasteiger partial charge < -0.3 is 11.1 Å². The Morgan fingerprint density at radius 3 is 2.55 bits per heavy atom. The van der Waals surface area contributed by atoms with E-state index in [1.54, 1.807) is 0 Å². The molecule has 0 unspecified atom stereocenters. The van der Waals surface area contributed by atoms with Crippen molar-refractivity contribution in [3.8, 4) is 0 Å². The number of benzene rings is 1.